The minimum atomic E-state index is 0.510. The molecule has 6 heteroatoms. The van der Waals surface area contributed by atoms with Gasteiger partial charge in [0.25, 0.3) is 0 Å². The van der Waals surface area contributed by atoms with Crippen molar-refractivity contribution >= 4 is 28.6 Å². The Balaban J connectivity index is 1.53. The molecule has 0 bridgehead atoms. The van der Waals surface area contributed by atoms with Gasteiger partial charge in [-0.25, -0.2) is 0 Å². The molecule has 0 unspecified atom stereocenters. The quantitative estimate of drug-likeness (QED) is 0.301. The molecule has 4 nitrogen and oxygen atoms in total. The van der Waals surface area contributed by atoms with Crippen molar-refractivity contribution in [2.24, 2.45) is 4.99 Å². The second-order valence-electron chi connectivity index (χ2n) is 8.30. The van der Waals surface area contributed by atoms with Crippen LogP contribution < -0.4 is 0 Å². The molecule has 1 aliphatic rings. The molecule has 4 rings (SSSR count). The molecule has 0 aliphatic carbocycles. The minimum absolute atomic E-state index is 0.510. The van der Waals surface area contributed by atoms with Gasteiger partial charge in [0.15, 0.2) is 5.82 Å². The highest BCUT2D eigenvalue weighted by molar-refractivity contribution is 7.15. The van der Waals surface area contributed by atoms with Gasteiger partial charge < -0.3 is 0 Å². The summed E-state index contributed by atoms with van der Waals surface area (Å²) in [5.41, 5.74) is 3.09. The van der Waals surface area contributed by atoms with Crippen LogP contribution in [-0.2, 0) is 13.0 Å². The lowest BCUT2D eigenvalue weighted by atomic mass is 10.0. The number of nitrogens with zero attached hydrogens (tertiary/aromatic N) is 4. The van der Waals surface area contributed by atoms with Crippen molar-refractivity contribution in [3.05, 3.63) is 63.0 Å². The van der Waals surface area contributed by atoms with E-state index in [2.05, 4.69) is 33.8 Å². The summed E-state index contributed by atoms with van der Waals surface area (Å²) in [6.45, 7) is 4.80. The third-order valence-electron chi connectivity index (χ3n) is 5.90. The van der Waals surface area contributed by atoms with Crippen molar-refractivity contribution in [1.82, 2.24) is 14.8 Å². The Hall–Kier alpha value is -1.98. The van der Waals surface area contributed by atoms with Crippen LogP contribution in [0.5, 0.6) is 0 Å². The van der Waals surface area contributed by atoms with Gasteiger partial charge in [0.1, 0.15) is 17.4 Å². The Bertz CT molecular complexity index is 1050. The van der Waals surface area contributed by atoms with Gasteiger partial charge in [-0.3, -0.25) is 9.56 Å². The van der Waals surface area contributed by atoms with Gasteiger partial charge >= 0.3 is 0 Å². The fraction of sp³-hybridized carbons (Fsp3) is 0.480. The summed E-state index contributed by atoms with van der Waals surface area (Å²) in [5, 5.41) is 10.6. The lowest BCUT2D eigenvalue weighted by Gasteiger charge is -2.08. The molecular weight excluding hydrogens is 424 g/mol. The maximum atomic E-state index is 6.55. The van der Waals surface area contributed by atoms with Crippen LogP contribution in [-0.4, -0.2) is 20.5 Å². The topological polar surface area (TPSA) is 43.1 Å². The summed E-state index contributed by atoms with van der Waals surface area (Å²) in [6, 6.07) is 10.3. The summed E-state index contributed by atoms with van der Waals surface area (Å²) in [7, 11) is 0. The third kappa shape index (κ3) is 5.09. The van der Waals surface area contributed by atoms with Crippen molar-refractivity contribution in [3.8, 4) is 5.00 Å². The molecule has 0 N–H and O–H groups in total. The molecule has 0 radical (unpaired) electrons. The number of aliphatic imine (C=N–C) groups is 1. The van der Waals surface area contributed by atoms with Crippen LogP contribution in [0.2, 0.25) is 5.02 Å². The number of thiophene rings is 1. The summed E-state index contributed by atoms with van der Waals surface area (Å²) in [5.74, 6) is 1.80. The van der Waals surface area contributed by atoms with Crippen LogP contribution in [0.3, 0.4) is 0 Å². The molecule has 0 spiro atoms. The molecule has 0 fully saturated rings. The SMILES string of the molecule is CCCCCCCCCCc1cc2c(s1)-n1c(C)nnc1CN=C2c1ccccc1Cl. The predicted molar refractivity (Wildman–Crippen MR) is 131 cm³/mol. The normalized spacial score (nSPS) is 12.9. The zero-order valence-corrected chi connectivity index (χ0v) is 20.1. The molecule has 0 amide bonds. The monoisotopic (exact) mass is 454 g/mol. The Morgan fingerprint density at radius 3 is 2.48 bits per heavy atom. The Labute approximate surface area is 194 Å². The number of benzene rings is 1. The molecule has 3 heterocycles. The van der Waals surface area contributed by atoms with Crippen molar-refractivity contribution in [2.45, 2.75) is 78.2 Å². The molecule has 164 valence electrons. The van der Waals surface area contributed by atoms with Crippen molar-refractivity contribution in [2.75, 3.05) is 0 Å². The zero-order chi connectivity index (χ0) is 21.6. The third-order valence-corrected chi connectivity index (χ3v) is 7.41. The fourth-order valence-electron chi connectivity index (χ4n) is 4.21. The maximum absolute atomic E-state index is 6.55. The summed E-state index contributed by atoms with van der Waals surface area (Å²) in [4.78, 5) is 6.32. The highest BCUT2D eigenvalue weighted by atomic mass is 35.5. The molecule has 2 aromatic heterocycles. The van der Waals surface area contributed by atoms with E-state index in [1.807, 2.05) is 36.5 Å². The second-order valence-corrected chi connectivity index (χ2v) is 9.82. The first kappa shape index (κ1) is 22.2. The van der Waals surface area contributed by atoms with Gasteiger partial charge in [0, 0.05) is 21.0 Å². The number of aryl methyl sites for hydroxylation is 2. The first-order valence-corrected chi connectivity index (χ1v) is 12.7. The second kappa shape index (κ2) is 10.6. The van der Waals surface area contributed by atoms with E-state index in [0.29, 0.717) is 6.54 Å². The smallest absolute Gasteiger partial charge is 0.160 e. The minimum Gasteiger partial charge on any atom is -0.276 e. The Kier molecular flexibility index (Phi) is 7.57. The van der Waals surface area contributed by atoms with Gasteiger partial charge in [-0.2, -0.15) is 0 Å². The fourth-order valence-corrected chi connectivity index (χ4v) is 5.71. The first-order chi connectivity index (χ1) is 15.2. The maximum Gasteiger partial charge on any atom is 0.160 e. The first-order valence-electron chi connectivity index (χ1n) is 11.5. The Morgan fingerprint density at radius 2 is 1.71 bits per heavy atom. The van der Waals surface area contributed by atoms with E-state index in [4.69, 9.17) is 16.6 Å². The van der Waals surface area contributed by atoms with E-state index in [-0.39, 0.29) is 0 Å². The number of hydrogen-bond donors (Lipinski definition) is 0. The molecular formula is C25H31ClN4S. The summed E-state index contributed by atoms with van der Waals surface area (Å²) >= 11 is 8.40. The van der Waals surface area contributed by atoms with E-state index in [0.717, 1.165) is 39.9 Å². The molecule has 0 saturated heterocycles. The number of halogens is 1. The largest absolute Gasteiger partial charge is 0.276 e. The van der Waals surface area contributed by atoms with Gasteiger partial charge in [-0.1, -0.05) is 81.7 Å². The van der Waals surface area contributed by atoms with Crippen LogP contribution in [0.1, 0.15) is 85.9 Å². The standard InChI is InChI=1S/C25H31ClN4S/c1-3-4-5-6-7-8-9-10-13-19-16-21-24(20-14-11-12-15-22(20)26)27-17-23-29-28-18(2)30(23)25(21)31-19/h11-12,14-16H,3-10,13,17H2,1-2H3. The number of hydrogen-bond acceptors (Lipinski definition) is 4. The van der Waals surface area contributed by atoms with Gasteiger partial charge in [-0.05, 0) is 31.9 Å². The predicted octanol–water partition coefficient (Wildman–Crippen LogP) is 7.32. The Morgan fingerprint density at radius 1 is 0.968 bits per heavy atom. The lowest BCUT2D eigenvalue weighted by Crippen LogP contribution is -2.05. The van der Waals surface area contributed by atoms with E-state index in [9.17, 15) is 0 Å². The molecule has 0 saturated carbocycles. The molecule has 1 aliphatic heterocycles. The molecule has 0 atom stereocenters. The van der Waals surface area contributed by atoms with Crippen molar-refractivity contribution < 1.29 is 0 Å². The number of rotatable bonds is 10. The number of aromatic nitrogens is 3. The zero-order valence-electron chi connectivity index (χ0n) is 18.5. The molecule has 31 heavy (non-hydrogen) atoms. The van der Waals surface area contributed by atoms with E-state index < -0.39 is 0 Å². The van der Waals surface area contributed by atoms with Gasteiger partial charge in [0.2, 0.25) is 0 Å². The average Bonchev–Trinajstić information content (AvgIpc) is 3.30. The summed E-state index contributed by atoms with van der Waals surface area (Å²) < 4.78 is 2.17. The molecule has 1 aromatic carbocycles. The van der Waals surface area contributed by atoms with Crippen LogP contribution in [0, 0.1) is 6.92 Å². The number of unbranched alkanes of at least 4 members (excludes halogenated alkanes) is 7. The highest BCUT2D eigenvalue weighted by Gasteiger charge is 2.25. The molecule has 3 aromatic rings. The van der Waals surface area contributed by atoms with E-state index in [1.165, 1.54) is 61.2 Å². The average molecular weight is 455 g/mol. The van der Waals surface area contributed by atoms with E-state index in [1.54, 1.807) is 0 Å². The highest BCUT2D eigenvalue weighted by Crippen LogP contribution is 2.35. The van der Waals surface area contributed by atoms with Crippen LogP contribution in [0.4, 0.5) is 0 Å². The lowest BCUT2D eigenvalue weighted by molar-refractivity contribution is 0.576. The van der Waals surface area contributed by atoms with Crippen molar-refractivity contribution in [1.29, 1.82) is 0 Å². The van der Waals surface area contributed by atoms with Crippen LogP contribution >= 0.6 is 22.9 Å². The van der Waals surface area contributed by atoms with Crippen molar-refractivity contribution in [3.63, 3.8) is 0 Å². The van der Waals surface area contributed by atoms with E-state index >= 15 is 0 Å². The van der Waals surface area contributed by atoms with Crippen LogP contribution in [0.25, 0.3) is 5.00 Å². The van der Waals surface area contributed by atoms with Gasteiger partial charge in [0.05, 0.1) is 5.71 Å². The number of fused-ring (bicyclic) bond motifs is 3. The van der Waals surface area contributed by atoms with Gasteiger partial charge in [-0.15, -0.1) is 21.5 Å². The summed E-state index contributed by atoms with van der Waals surface area (Å²) in [6.07, 6.45) is 11.8. The van der Waals surface area contributed by atoms with Crippen LogP contribution in [0.15, 0.2) is 35.3 Å².